The molecule has 5 rings (SSSR count). The highest BCUT2D eigenvalue weighted by atomic mass is 35.5. The predicted octanol–water partition coefficient (Wildman–Crippen LogP) is 9.16. The zero-order valence-corrected chi connectivity index (χ0v) is 32.8. The molecule has 0 aromatic carbocycles. The molecule has 0 aliphatic rings. The molecule has 0 fully saturated rings. The second-order valence-electron chi connectivity index (χ2n) is 14.9. The highest BCUT2D eigenvalue weighted by Crippen LogP contribution is 2.40. The van der Waals surface area contributed by atoms with Gasteiger partial charge in [-0.25, -0.2) is 28.7 Å². The number of fused-ring (bicyclic) bond motifs is 1. The summed E-state index contributed by atoms with van der Waals surface area (Å²) in [5, 5.41) is 6.37. The number of nitrogens with one attached hydrogen (secondary N) is 1. The summed E-state index contributed by atoms with van der Waals surface area (Å²) in [6.07, 6.45) is 2.75. The van der Waals surface area contributed by atoms with E-state index in [1.54, 1.807) is 18.3 Å². The number of ketones is 1. The first kappa shape index (κ1) is 39.2. The van der Waals surface area contributed by atoms with Crippen molar-refractivity contribution in [2.75, 3.05) is 0 Å². The lowest BCUT2D eigenvalue weighted by atomic mass is 10.1. The van der Waals surface area contributed by atoms with Crippen molar-refractivity contribution in [3.8, 4) is 11.4 Å². The Morgan fingerprint density at radius 3 is 1.74 bits per heavy atom. The molecule has 50 heavy (non-hydrogen) atoms. The molecule has 5 aromatic heterocycles. The van der Waals surface area contributed by atoms with E-state index in [4.69, 9.17) is 23.2 Å². The van der Waals surface area contributed by atoms with Crippen molar-refractivity contribution < 1.29 is 26.7 Å². The van der Waals surface area contributed by atoms with Crippen LogP contribution >= 0.6 is 23.2 Å². The Morgan fingerprint density at radius 2 is 1.20 bits per heavy atom. The molecule has 0 radical (unpaired) electrons. The van der Waals surface area contributed by atoms with Gasteiger partial charge in [0.15, 0.2) is 17.3 Å². The third kappa shape index (κ3) is 6.99. The number of carbonyl (C=O) groups is 1. The highest BCUT2D eigenvalue weighted by molar-refractivity contribution is 6.94. The van der Waals surface area contributed by atoms with Crippen molar-refractivity contribution in [1.82, 2.24) is 30.1 Å². The normalized spacial score (nSPS) is 12.6. The number of halogens is 7. The molecule has 0 atom stereocenters. The first-order chi connectivity index (χ1) is 22.9. The Bertz CT molecular complexity index is 2110. The van der Waals surface area contributed by atoms with Gasteiger partial charge in [-0.15, -0.1) is 0 Å². The molecule has 0 aliphatic heterocycles. The molecule has 0 saturated heterocycles. The molecule has 1 N–H and O–H groups in total. The van der Waals surface area contributed by atoms with E-state index in [1.165, 1.54) is 6.07 Å². The smallest absolute Gasteiger partial charge is 0.232 e. The summed E-state index contributed by atoms with van der Waals surface area (Å²) in [6, 6.07) is 5.92. The van der Waals surface area contributed by atoms with Crippen molar-refractivity contribution >= 4 is 66.5 Å². The van der Waals surface area contributed by atoms with Crippen LogP contribution in [0.5, 0.6) is 0 Å². The van der Waals surface area contributed by atoms with Crippen LogP contribution in [-0.4, -0.2) is 52.1 Å². The fraction of sp³-hybridized carbons (Fsp3) is 0.353. The highest BCUT2D eigenvalue weighted by Gasteiger charge is 2.44. The standard InChI is InChI=1S/C17H18ClF3N2OSi.C17H19ClF2N4Si/c1-17(2,3)25(4,5)14-10(18)16(21)23-12(11(14)19)13(24)9-7-6-8-22-15(9)20;1-17(2,3)25(4,5)14-10(18)15(20)22-13(11(14)19)12-9-7-6-8-21-16(9)24-23-12/h6-8H,1-5H3;6-8H,1-5H3,(H,21,23,24). The number of pyridine rings is 4. The topological polar surface area (TPSA) is 97.3 Å². The van der Waals surface area contributed by atoms with Gasteiger partial charge in [-0.1, -0.05) is 90.9 Å². The van der Waals surface area contributed by atoms with Crippen molar-refractivity contribution in [2.24, 2.45) is 0 Å². The summed E-state index contributed by atoms with van der Waals surface area (Å²) in [7, 11) is -5.10. The average molecular weight is 768 g/mol. The zero-order chi connectivity index (χ0) is 37.7. The van der Waals surface area contributed by atoms with E-state index < -0.39 is 67.7 Å². The monoisotopic (exact) mass is 766 g/mol. The van der Waals surface area contributed by atoms with E-state index in [-0.39, 0.29) is 36.9 Å². The van der Waals surface area contributed by atoms with E-state index in [9.17, 15) is 18.0 Å². The van der Waals surface area contributed by atoms with Crippen molar-refractivity contribution in [3.05, 3.63) is 87.4 Å². The molecule has 16 heteroatoms. The summed E-state index contributed by atoms with van der Waals surface area (Å²) in [6.45, 7) is 19.4. The Kier molecular flexibility index (Phi) is 10.9. The van der Waals surface area contributed by atoms with Gasteiger partial charge in [-0.3, -0.25) is 9.89 Å². The van der Waals surface area contributed by atoms with Gasteiger partial charge >= 0.3 is 0 Å². The molecule has 0 spiro atoms. The Hall–Kier alpha value is -3.60. The van der Waals surface area contributed by atoms with Gasteiger partial charge in [0.1, 0.15) is 17.1 Å². The largest absolute Gasteiger partial charge is 0.287 e. The van der Waals surface area contributed by atoms with Crippen LogP contribution in [0.1, 0.15) is 57.6 Å². The quantitative estimate of drug-likeness (QED) is 0.0830. The van der Waals surface area contributed by atoms with Crippen molar-refractivity contribution in [1.29, 1.82) is 0 Å². The fourth-order valence-electron chi connectivity index (χ4n) is 4.90. The molecule has 266 valence electrons. The third-order valence-electron chi connectivity index (χ3n) is 9.86. The zero-order valence-electron chi connectivity index (χ0n) is 29.3. The summed E-state index contributed by atoms with van der Waals surface area (Å²) in [5.74, 6) is -5.76. The number of aromatic nitrogens is 6. The number of hydrogen-bond acceptors (Lipinski definition) is 6. The molecular weight excluding hydrogens is 730 g/mol. The van der Waals surface area contributed by atoms with Crippen LogP contribution in [0.3, 0.4) is 0 Å². The van der Waals surface area contributed by atoms with Gasteiger partial charge < -0.3 is 0 Å². The molecule has 0 saturated carbocycles. The van der Waals surface area contributed by atoms with Gasteiger partial charge in [0.05, 0.1) is 31.8 Å². The van der Waals surface area contributed by atoms with Gasteiger partial charge in [0, 0.05) is 28.2 Å². The molecular formula is C34H37Cl2F5N6OSi2. The van der Waals surface area contributed by atoms with E-state index >= 15 is 8.78 Å². The van der Waals surface area contributed by atoms with Crippen molar-refractivity contribution in [3.63, 3.8) is 0 Å². The number of hydrogen-bond donors (Lipinski definition) is 1. The van der Waals surface area contributed by atoms with Crippen LogP contribution in [0, 0.1) is 29.5 Å². The Labute approximate surface area is 299 Å². The fourth-order valence-corrected chi connectivity index (χ4v) is 10.7. The van der Waals surface area contributed by atoms with Gasteiger partial charge in [0.2, 0.25) is 23.6 Å². The number of nitrogens with zero attached hydrogens (tertiary/aromatic N) is 5. The molecule has 0 amide bonds. The molecule has 7 nitrogen and oxygen atoms in total. The number of H-pyrrole nitrogens is 1. The van der Waals surface area contributed by atoms with E-state index in [0.29, 0.717) is 11.0 Å². The first-order valence-electron chi connectivity index (χ1n) is 15.5. The molecule has 0 unspecified atom stereocenters. The molecule has 5 aromatic rings. The van der Waals surface area contributed by atoms with Gasteiger partial charge in [-0.05, 0) is 34.3 Å². The van der Waals surface area contributed by atoms with Crippen LogP contribution in [0.2, 0.25) is 46.3 Å². The first-order valence-corrected chi connectivity index (χ1v) is 22.2. The number of rotatable bonds is 5. The third-order valence-corrected chi connectivity index (χ3v) is 21.8. The predicted molar refractivity (Wildman–Crippen MR) is 192 cm³/mol. The minimum atomic E-state index is -2.64. The van der Waals surface area contributed by atoms with Crippen LogP contribution in [0.25, 0.3) is 22.4 Å². The minimum Gasteiger partial charge on any atom is -0.287 e. The van der Waals surface area contributed by atoms with Crippen LogP contribution < -0.4 is 10.4 Å². The summed E-state index contributed by atoms with van der Waals surface area (Å²) in [5.41, 5.74) is -0.675. The van der Waals surface area contributed by atoms with E-state index in [0.717, 1.165) is 12.3 Å². The Morgan fingerprint density at radius 1 is 0.700 bits per heavy atom. The van der Waals surface area contributed by atoms with Crippen LogP contribution in [0.15, 0.2) is 36.7 Å². The van der Waals surface area contributed by atoms with E-state index in [2.05, 4.69) is 30.1 Å². The number of aromatic amines is 1. The summed E-state index contributed by atoms with van der Waals surface area (Å²) >= 11 is 12.2. The molecule has 5 heterocycles. The molecule has 0 aliphatic carbocycles. The maximum Gasteiger partial charge on any atom is 0.232 e. The maximum absolute atomic E-state index is 15.5. The van der Waals surface area contributed by atoms with Crippen LogP contribution in [-0.2, 0) is 0 Å². The van der Waals surface area contributed by atoms with Crippen molar-refractivity contribution in [2.45, 2.75) is 77.8 Å². The average Bonchev–Trinajstić information content (AvgIpc) is 3.44. The number of carbonyl (C=O) groups excluding carboxylic acids is 1. The maximum atomic E-state index is 15.5. The van der Waals surface area contributed by atoms with Crippen LogP contribution in [0.4, 0.5) is 22.0 Å². The lowest BCUT2D eigenvalue weighted by molar-refractivity contribution is 0.102. The second-order valence-corrected chi connectivity index (χ2v) is 26.2. The molecule has 0 bridgehead atoms. The van der Waals surface area contributed by atoms with Gasteiger partial charge in [0.25, 0.3) is 0 Å². The lowest BCUT2D eigenvalue weighted by Crippen LogP contribution is -2.52. The second kappa shape index (κ2) is 13.8. The van der Waals surface area contributed by atoms with Gasteiger partial charge in [-0.2, -0.15) is 18.3 Å². The summed E-state index contributed by atoms with van der Waals surface area (Å²) in [4.78, 5) is 27.1. The van der Waals surface area contributed by atoms with E-state index in [1.807, 2.05) is 67.7 Å². The summed E-state index contributed by atoms with van der Waals surface area (Å²) < 4.78 is 73.2. The Balaban J connectivity index is 0.000000225. The lowest BCUT2D eigenvalue weighted by Gasteiger charge is -2.38. The SMILES string of the molecule is CC(C)(C)[Si](C)(C)c1c(F)c(-c2n[nH]c3ncccc23)nc(F)c1Cl.CC(C)(C)[Si](C)(C)c1c(F)c(C(=O)c2cccnc2F)nc(F)c1Cl. The minimum absolute atomic E-state index is 0.0261.